The van der Waals surface area contributed by atoms with E-state index in [2.05, 4.69) is 0 Å². The number of rotatable bonds is 12. The van der Waals surface area contributed by atoms with E-state index >= 15 is 0 Å². The molecule has 0 spiro atoms. The molecule has 0 bridgehead atoms. The van der Waals surface area contributed by atoms with Crippen molar-refractivity contribution in [1.29, 1.82) is 0 Å². The number of ether oxygens (including phenoxy) is 1. The highest BCUT2D eigenvalue weighted by atomic mass is 16.6. The number of carboxylic acids is 2. The molecule has 0 radical (unpaired) electrons. The topological polar surface area (TPSA) is 118 Å². The number of carboxylic acid groups (broad SMARTS) is 2. The van der Waals surface area contributed by atoms with E-state index in [1.54, 1.807) is 27.7 Å². The van der Waals surface area contributed by atoms with Crippen molar-refractivity contribution in [3.8, 4) is 0 Å². The van der Waals surface area contributed by atoms with Gasteiger partial charge in [-0.15, -0.1) is 0 Å². The van der Waals surface area contributed by atoms with Crippen molar-refractivity contribution < 1.29 is 34.1 Å². The van der Waals surface area contributed by atoms with Crippen molar-refractivity contribution in [1.82, 2.24) is 0 Å². The molecule has 2 N–H and O–H groups in total. The molecule has 0 aliphatic carbocycles. The predicted octanol–water partition coefficient (Wildman–Crippen LogP) is 3.11. The summed E-state index contributed by atoms with van der Waals surface area (Å²) in [6.45, 7) is 6.93. The number of esters is 2. The Balaban J connectivity index is 4.89. The van der Waals surface area contributed by atoms with Crippen LogP contribution in [0.5, 0.6) is 0 Å². The Bertz CT molecular complexity index is 430. The second-order valence-electron chi connectivity index (χ2n) is 6.31. The van der Waals surface area contributed by atoms with Gasteiger partial charge in [0.1, 0.15) is 0 Å². The number of hydrogen-bond donors (Lipinski definition) is 2. The first-order valence-corrected chi connectivity index (χ1v) is 8.92. The lowest BCUT2D eigenvalue weighted by molar-refractivity contribution is -0.166. The molecule has 7 nitrogen and oxygen atoms in total. The number of aliphatic carboxylic acids is 2. The maximum absolute atomic E-state index is 12.2. The van der Waals surface area contributed by atoms with Gasteiger partial charge in [0.25, 0.3) is 0 Å². The van der Waals surface area contributed by atoms with Crippen LogP contribution in [0.3, 0.4) is 0 Å². The molecule has 0 rings (SSSR count). The quantitative estimate of drug-likeness (QED) is 0.406. The number of carbonyl (C=O) groups is 4. The van der Waals surface area contributed by atoms with E-state index in [0.717, 1.165) is 0 Å². The zero-order chi connectivity index (χ0) is 19.6. The lowest BCUT2D eigenvalue weighted by Crippen LogP contribution is -2.30. The van der Waals surface area contributed by atoms with Gasteiger partial charge in [0.15, 0.2) is 0 Å². The summed E-state index contributed by atoms with van der Waals surface area (Å²) in [5.41, 5.74) is 0. The molecular weight excluding hydrogens is 328 g/mol. The summed E-state index contributed by atoms with van der Waals surface area (Å²) < 4.78 is 4.94. The summed E-state index contributed by atoms with van der Waals surface area (Å²) >= 11 is 0. The fourth-order valence-corrected chi connectivity index (χ4v) is 2.70. The summed E-state index contributed by atoms with van der Waals surface area (Å²) in [5, 5.41) is 18.2. The van der Waals surface area contributed by atoms with Gasteiger partial charge in [-0.25, -0.2) is 0 Å². The highest BCUT2D eigenvalue weighted by molar-refractivity contribution is 5.88. The van der Waals surface area contributed by atoms with Crippen LogP contribution in [-0.2, 0) is 23.9 Å². The zero-order valence-corrected chi connectivity index (χ0v) is 15.5. The monoisotopic (exact) mass is 358 g/mol. The van der Waals surface area contributed by atoms with E-state index in [1.165, 1.54) is 0 Å². The van der Waals surface area contributed by atoms with Gasteiger partial charge in [-0.3, -0.25) is 19.2 Å². The van der Waals surface area contributed by atoms with E-state index in [1.807, 2.05) is 0 Å². The smallest absolute Gasteiger partial charge is 0.316 e. The average Bonchev–Trinajstić information content (AvgIpc) is 2.55. The first-order chi connectivity index (χ1) is 11.7. The zero-order valence-electron chi connectivity index (χ0n) is 15.5. The number of hydrogen-bond acceptors (Lipinski definition) is 5. The fraction of sp³-hybridized carbons (Fsp3) is 0.778. The molecular formula is C18H30O7. The van der Waals surface area contributed by atoms with E-state index in [4.69, 9.17) is 14.9 Å². The molecule has 144 valence electrons. The minimum absolute atomic E-state index is 0.123. The van der Waals surface area contributed by atoms with Crippen LogP contribution < -0.4 is 0 Å². The Morgan fingerprint density at radius 3 is 1.12 bits per heavy atom. The highest BCUT2D eigenvalue weighted by Crippen LogP contribution is 2.23. The van der Waals surface area contributed by atoms with Crippen LogP contribution in [0.1, 0.15) is 66.2 Å². The van der Waals surface area contributed by atoms with Crippen LogP contribution >= 0.6 is 0 Å². The normalized spacial score (nSPS) is 15.7. The number of carbonyl (C=O) groups excluding carboxylic acids is 2. The van der Waals surface area contributed by atoms with E-state index in [-0.39, 0.29) is 12.8 Å². The van der Waals surface area contributed by atoms with Crippen LogP contribution in [0.25, 0.3) is 0 Å². The summed E-state index contributed by atoms with van der Waals surface area (Å²) in [4.78, 5) is 46.7. The van der Waals surface area contributed by atoms with Gasteiger partial charge in [-0.1, -0.05) is 27.7 Å². The first kappa shape index (κ1) is 23.1. The minimum Gasteiger partial charge on any atom is -0.481 e. The fourth-order valence-electron chi connectivity index (χ4n) is 2.70. The molecule has 0 aromatic heterocycles. The predicted molar refractivity (Wildman–Crippen MR) is 90.7 cm³/mol. The second kappa shape index (κ2) is 11.6. The first-order valence-electron chi connectivity index (χ1n) is 8.92. The van der Waals surface area contributed by atoms with Gasteiger partial charge >= 0.3 is 23.9 Å². The molecule has 4 unspecified atom stereocenters. The largest absolute Gasteiger partial charge is 0.481 e. The standard InChI is InChI=1S/C18H30O7/c1-5-11(15(19)20)9-13(7-3)17(23)25-18(24)14(8-4)10-12(6-2)16(21)22/h11-14H,5-10H2,1-4H3,(H,19,20)(H,21,22). The van der Waals surface area contributed by atoms with E-state index in [0.29, 0.717) is 25.7 Å². The summed E-state index contributed by atoms with van der Waals surface area (Å²) in [7, 11) is 0. The minimum atomic E-state index is -0.973. The van der Waals surface area contributed by atoms with Gasteiger partial charge in [-0.05, 0) is 38.5 Å². The molecule has 0 aliphatic rings. The van der Waals surface area contributed by atoms with Crippen molar-refractivity contribution in [2.24, 2.45) is 23.7 Å². The molecule has 0 aromatic rings. The lowest BCUT2D eigenvalue weighted by Gasteiger charge is -2.20. The molecule has 0 saturated heterocycles. The van der Waals surface area contributed by atoms with Crippen molar-refractivity contribution in [2.45, 2.75) is 66.2 Å². The summed E-state index contributed by atoms with van der Waals surface area (Å²) in [6, 6.07) is 0. The van der Waals surface area contributed by atoms with Gasteiger partial charge in [0.2, 0.25) is 0 Å². The summed E-state index contributed by atoms with van der Waals surface area (Å²) in [5.74, 6) is -6.05. The highest BCUT2D eigenvalue weighted by Gasteiger charge is 2.31. The second-order valence-corrected chi connectivity index (χ2v) is 6.31. The molecule has 0 aliphatic heterocycles. The SMILES string of the molecule is CCC(CC(CC)C(=O)OC(=O)C(CC)CC(CC)C(=O)O)C(=O)O. The Hall–Kier alpha value is -1.92. The maximum Gasteiger partial charge on any atom is 0.316 e. The van der Waals surface area contributed by atoms with Crippen LogP contribution in [0.4, 0.5) is 0 Å². The van der Waals surface area contributed by atoms with Crippen LogP contribution in [0.15, 0.2) is 0 Å². The molecule has 25 heavy (non-hydrogen) atoms. The molecule has 4 atom stereocenters. The molecule has 0 aromatic carbocycles. The van der Waals surface area contributed by atoms with E-state index < -0.39 is 47.5 Å². The molecule has 0 heterocycles. The Kier molecular flexibility index (Phi) is 10.7. The van der Waals surface area contributed by atoms with Crippen molar-refractivity contribution >= 4 is 23.9 Å². The lowest BCUT2D eigenvalue weighted by atomic mass is 9.90. The summed E-state index contributed by atoms with van der Waals surface area (Å²) in [6.07, 6.45) is 1.78. The Morgan fingerprint density at radius 2 is 0.920 bits per heavy atom. The van der Waals surface area contributed by atoms with Crippen LogP contribution in [-0.4, -0.2) is 34.1 Å². The van der Waals surface area contributed by atoms with E-state index in [9.17, 15) is 19.2 Å². The Morgan fingerprint density at radius 1 is 0.640 bits per heavy atom. The molecule has 0 fully saturated rings. The van der Waals surface area contributed by atoms with Crippen LogP contribution in [0.2, 0.25) is 0 Å². The van der Waals surface area contributed by atoms with Gasteiger partial charge in [0.05, 0.1) is 23.7 Å². The third kappa shape index (κ3) is 7.67. The van der Waals surface area contributed by atoms with Gasteiger partial charge in [-0.2, -0.15) is 0 Å². The van der Waals surface area contributed by atoms with Crippen LogP contribution in [0, 0.1) is 23.7 Å². The third-order valence-corrected chi connectivity index (χ3v) is 4.68. The molecule has 0 saturated carbocycles. The van der Waals surface area contributed by atoms with Crippen molar-refractivity contribution in [3.63, 3.8) is 0 Å². The Labute approximate surface area is 148 Å². The van der Waals surface area contributed by atoms with Gasteiger partial charge < -0.3 is 14.9 Å². The molecule has 0 amide bonds. The average molecular weight is 358 g/mol. The van der Waals surface area contributed by atoms with Crippen molar-refractivity contribution in [2.75, 3.05) is 0 Å². The maximum atomic E-state index is 12.2. The third-order valence-electron chi connectivity index (χ3n) is 4.68. The van der Waals surface area contributed by atoms with Gasteiger partial charge in [0, 0.05) is 0 Å². The molecule has 7 heteroatoms. The van der Waals surface area contributed by atoms with Crippen molar-refractivity contribution in [3.05, 3.63) is 0 Å².